The fourth-order valence-corrected chi connectivity index (χ4v) is 1.94. The van der Waals surface area contributed by atoms with Gasteiger partial charge in [-0.2, -0.15) is 0 Å². The molecule has 2 aromatic rings. The van der Waals surface area contributed by atoms with Gasteiger partial charge in [-0.1, -0.05) is 13.0 Å². The van der Waals surface area contributed by atoms with Crippen molar-refractivity contribution in [3.8, 4) is 5.82 Å². The van der Waals surface area contributed by atoms with Crippen LogP contribution in [-0.4, -0.2) is 34.0 Å². The van der Waals surface area contributed by atoms with E-state index in [1.165, 1.54) is 0 Å². The Morgan fingerprint density at radius 2 is 2.14 bits per heavy atom. The van der Waals surface area contributed by atoms with Crippen LogP contribution in [0.25, 0.3) is 5.82 Å². The topological polar surface area (TPSA) is 71.8 Å². The zero-order valence-corrected chi connectivity index (χ0v) is 14.2. The van der Waals surface area contributed by atoms with Gasteiger partial charge < -0.3 is 10.6 Å². The lowest BCUT2D eigenvalue weighted by atomic mass is 10.1. The summed E-state index contributed by atoms with van der Waals surface area (Å²) in [5.41, 5.74) is 0.954. The van der Waals surface area contributed by atoms with Gasteiger partial charge in [0.05, 0.1) is 0 Å². The minimum absolute atomic E-state index is 0. The molecule has 6 nitrogen and oxygen atoms in total. The van der Waals surface area contributed by atoms with E-state index in [-0.39, 0.29) is 36.6 Å². The maximum Gasteiger partial charge on any atom is 0.224 e. The summed E-state index contributed by atoms with van der Waals surface area (Å²) in [5, 5.41) is 5.93. The highest BCUT2D eigenvalue weighted by atomic mass is 35.5. The molecule has 2 heterocycles. The lowest BCUT2D eigenvalue weighted by Crippen LogP contribution is -2.34. The van der Waals surface area contributed by atoms with Crippen LogP contribution in [0.4, 0.5) is 0 Å². The summed E-state index contributed by atoms with van der Waals surface area (Å²) in [7, 11) is 1.84. The van der Waals surface area contributed by atoms with Crippen molar-refractivity contribution >= 4 is 30.7 Å². The van der Waals surface area contributed by atoms with Gasteiger partial charge in [0.2, 0.25) is 5.91 Å². The Balaban J connectivity index is 0.00000220. The predicted octanol–water partition coefficient (Wildman–Crippen LogP) is 1.58. The van der Waals surface area contributed by atoms with Crippen LogP contribution in [0, 0.1) is 5.92 Å². The van der Waals surface area contributed by atoms with Gasteiger partial charge in [0, 0.05) is 43.2 Å². The lowest BCUT2D eigenvalue weighted by molar-refractivity contribution is -0.124. The number of carbonyl (C=O) groups is 1. The number of halogens is 2. The highest BCUT2D eigenvalue weighted by Gasteiger charge is 2.12. The van der Waals surface area contributed by atoms with Crippen LogP contribution >= 0.6 is 24.8 Å². The van der Waals surface area contributed by atoms with Crippen molar-refractivity contribution in [3.63, 3.8) is 0 Å². The van der Waals surface area contributed by atoms with Crippen molar-refractivity contribution in [1.29, 1.82) is 0 Å². The van der Waals surface area contributed by atoms with E-state index in [1.54, 1.807) is 18.7 Å². The first-order chi connectivity index (χ1) is 9.72. The van der Waals surface area contributed by atoms with Gasteiger partial charge in [-0.25, -0.2) is 9.97 Å². The molecule has 0 aliphatic carbocycles. The van der Waals surface area contributed by atoms with E-state index >= 15 is 0 Å². The standard InChI is InChI=1S/C14H19N5O.2ClH/c1-11(8-15-2)14(20)18-9-12-4-3-5-17-13(12)19-7-6-16-10-19;;/h3-7,10-11,15H,8-9H2,1-2H3,(H,18,20);2*1H. The predicted molar refractivity (Wildman–Crippen MR) is 90.8 cm³/mol. The molecular formula is C14H21Cl2N5O. The average molecular weight is 346 g/mol. The zero-order chi connectivity index (χ0) is 14.4. The smallest absolute Gasteiger partial charge is 0.224 e. The molecule has 0 saturated heterocycles. The third kappa shape index (κ3) is 5.29. The number of pyridine rings is 1. The molecule has 0 radical (unpaired) electrons. The van der Waals surface area contributed by atoms with Gasteiger partial charge in [-0.05, 0) is 13.1 Å². The van der Waals surface area contributed by atoms with Crippen LogP contribution < -0.4 is 10.6 Å². The first-order valence-electron chi connectivity index (χ1n) is 6.57. The molecule has 8 heteroatoms. The molecule has 1 amide bonds. The molecule has 22 heavy (non-hydrogen) atoms. The monoisotopic (exact) mass is 345 g/mol. The molecule has 2 aromatic heterocycles. The highest BCUT2D eigenvalue weighted by molar-refractivity contribution is 5.85. The Kier molecular flexibility index (Phi) is 9.40. The highest BCUT2D eigenvalue weighted by Crippen LogP contribution is 2.10. The Bertz CT molecular complexity index is 562. The van der Waals surface area contributed by atoms with Gasteiger partial charge in [-0.3, -0.25) is 9.36 Å². The van der Waals surface area contributed by atoms with Crippen molar-refractivity contribution in [2.45, 2.75) is 13.5 Å². The Morgan fingerprint density at radius 1 is 1.36 bits per heavy atom. The normalized spacial score (nSPS) is 11.0. The second kappa shape index (κ2) is 10.2. The van der Waals surface area contributed by atoms with E-state index in [4.69, 9.17) is 0 Å². The van der Waals surface area contributed by atoms with Crippen molar-refractivity contribution in [1.82, 2.24) is 25.2 Å². The quantitative estimate of drug-likeness (QED) is 0.833. The summed E-state index contributed by atoms with van der Waals surface area (Å²) >= 11 is 0. The van der Waals surface area contributed by atoms with Crippen LogP contribution in [0.1, 0.15) is 12.5 Å². The zero-order valence-electron chi connectivity index (χ0n) is 12.5. The van der Waals surface area contributed by atoms with E-state index in [9.17, 15) is 4.79 Å². The van der Waals surface area contributed by atoms with Crippen molar-refractivity contribution < 1.29 is 4.79 Å². The van der Waals surface area contributed by atoms with Crippen LogP contribution in [0.3, 0.4) is 0 Å². The molecule has 0 aliphatic heterocycles. The van der Waals surface area contributed by atoms with Gasteiger partial charge >= 0.3 is 0 Å². The molecule has 1 unspecified atom stereocenters. The molecule has 0 bridgehead atoms. The molecule has 2 rings (SSSR count). The molecule has 122 valence electrons. The van der Waals surface area contributed by atoms with E-state index in [1.807, 2.05) is 36.9 Å². The molecule has 0 spiro atoms. The summed E-state index contributed by atoms with van der Waals surface area (Å²) in [6, 6.07) is 3.81. The van der Waals surface area contributed by atoms with Gasteiger partial charge in [-0.15, -0.1) is 24.8 Å². The molecule has 0 saturated carbocycles. The summed E-state index contributed by atoms with van der Waals surface area (Å²) < 4.78 is 1.83. The van der Waals surface area contributed by atoms with E-state index in [0.29, 0.717) is 13.1 Å². The minimum Gasteiger partial charge on any atom is -0.352 e. The number of hydrogen-bond acceptors (Lipinski definition) is 4. The summed E-state index contributed by atoms with van der Waals surface area (Å²) in [4.78, 5) is 20.3. The number of carbonyl (C=O) groups excluding carboxylic acids is 1. The minimum atomic E-state index is -0.0617. The van der Waals surface area contributed by atoms with Crippen LogP contribution in [0.5, 0.6) is 0 Å². The van der Waals surface area contributed by atoms with Crippen molar-refractivity contribution in [2.24, 2.45) is 5.92 Å². The summed E-state index contributed by atoms with van der Waals surface area (Å²) in [6.07, 6.45) is 6.95. The molecule has 0 aromatic carbocycles. The van der Waals surface area contributed by atoms with Gasteiger partial charge in [0.25, 0.3) is 0 Å². The van der Waals surface area contributed by atoms with E-state index in [2.05, 4.69) is 20.6 Å². The van der Waals surface area contributed by atoms with Gasteiger partial charge in [0.15, 0.2) is 0 Å². The number of amides is 1. The van der Waals surface area contributed by atoms with Crippen LogP contribution in [0.2, 0.25) is 0 Å². The number of nitrogens with zero attached hydrogens (tertiary/aromatic N) is 3. The number of imidazole rings is 1. The maximum atomic E-state index is 11.9. The Morgan fingerprint density at radius 3 is 2.77 bits per heavy atom. The number of aromatic nitrogens is 3. The number of nitrogens with one attached hydrogen (secondary N) is 2. The lowest BCUT2D eigenvalue weighted by Gasteiger charge is -2.13. The summed E-state index contributed by atoms with van der Waals surface area (Å²) in [6.45, 7) is 3.01. The molecular weight excluding hydrogens is 325 g/mol. The fraction of sp³-hybridized carbons (Fsp3) is 0.357. The van der Waals surface area contributed by atoms with Crippen molar-refractivity contribution in [3.05, 3.63) is 42.6 Å². The molecule has 0 aliphatic rings. The fourth-order valence-electron chi connectivity index (χ4n) is 1.94. The third-order valence-electron chi connectivity index (χ3n) is 3.03. The Hall–Kier alpha value is -1.63. The number of hydrogen-bond donors (Lipinski definition) is 2. The molecule has 0 fully saturated rings. The SMILES string of the molecule is CNCC(C)C(=O)NCc1cccnc1-n1ccnc1.Cl.Cl. The molecule has 1 atom stereocenters. The maximum absolute atomic E-state index is 11.9. The van der Waals surface area contributed by atoms with Crippen LogP contribution in [0.15, 0.2) is 37.1 Å². The van der Waals surface area contributed by atoms with Gasteiger partial charge in [0.1, 0.15) is 12.1 Å². The first-order valence-corrected chi connectivity index (χ1v) is 6.57. The van der Waals surface area contributed by atoms with E-state index in [0.717, 1.165) is 11.4 Å². The Labute approximate surface area is 142 Å². The second-order valence-corrected chi connectivity index (χ2v) is 4.63. The summed E-state index contributed by atoms with van der Waals surface area (Å²) in [5.74, 6) is 0.750. The van der Waals surface area contributed by atoms with E-state index < -0.39 is 0 Å². The largest absolute Gasteiger partial charge is 0.352 e. The first kappa shape index (κ1) is 20.4. The average Bonchev–Trinajstić information content (AvgIpc) is 2.99. The molecule has 2 N–H and O–H groups in total. The second-order valence-electron chi connectivity index (χ2n) is 4.63. The van der Waals surface area contributed by atoms with Crippen LogP contribution in [-0.2, 0) is 11.3 Å². The number of rotatable bonds is 6. The third-order valence-corrected chi connectivity index (χ3v) is 3.03. The van der Waals surface area contributed by atoms with Crippen molar-refractivity contribution in [2.75, 3.05) is 13.6 Å².